The van der Waals surface area contributed by atoms with Gasteiger partial charge in [-0.3, -0.25) is 4.90 Å². The SMILES string of the molecule is CC1CC(CN)CN1Cc1nccn1-c1ccccc1.Cl. The van der Waals surface area contributed by atoms with Crippen molar-refractivity contribution in [2.45, 2.75) is 25.9 Å². The molecule has 5 heteroatoms. The lowest BCUT2D eigenvalue weighted by Gasteiger charge is -2.21. The van der Waals surface area contributed by atoms with E-state index in [0.717, 1.165) is 25.5 Å². The Labute approximate surface area is 132 Å². The second-order valence-electron chi connectivity index (χ2n) is 5.66. The Bertz CT molecular complexity index is 554. The number of nitrogens with two attached hydrogens (primary N) is 1. The molecule has 0 saturated carbocycles. The number of benzene rings is 1. The summed E-state index contributed by atoms with van der Waals surface area (Å²) in [7, 11) is 0. The second-order valence-corrected chi connectivity index (χ2v) is 5.66. The van der Waals surface area contributed by atoms with Crippen molar-refractivity contribution in [2.75, 3.05) is 13.1 Å². The molecule has 3 rings (SSSR count). The first-order valence-corrected chi connectivity index (χ1v) is 7.29. The van der Waals surface area contributed by atoms with Crippen LogP contribution in [-0.4, -0.2) is 33.6 Å². The Kier molecular flexibility index (Phi) is 5.39. The number of para-hydroxylation sites is 1. The molecule has 2 unspecified atom stereocenters. The van der Waals surface area contributed by atoms with Crippen molar-refractivity contribution in [3.63, 3.8) is 0 Å². The fraction of sp³-hybridized carbons (Fsp3) is 0.438. The highest BCUT2D eigenvalue weighted by Gasteiger charge is 2.28. The zero-order valence-electron chi connectivity index (χ0n) is 12.4. The van der Waals surface area contributed by atoms with Gasteiger partial charge in [0.15, 0.2) is 0 Å². The van der Waals surface area contributed by atoms with Gasteiger partial charge in [-0.05, 0) is 37.9 Å². The average Bonchev–Trinajstić information content (AvgIpc) is 3.08. The van der Waals surface area contributed by atoms with Gasteiger partial charge in [0.05, 0.1) is 6.54 Å². The molecule has 0 amide bonds. The van der Waals surface area contributed by atoms with E-state index in [2.05, 4.69) is 45.6 Å². The molecule has 1 fully saturated rings. The van der Waals surface area contributed by atoms with Crippen molar-refractivity contribution in [2.24, 2.45) is 11.7 Å². The minimum Gasteiger partial charge on any atom is -0.330 e. The maximum atomic E-state index is 5.81. The first-order chi connectivity index (χ1) is 9.78. The van der Waals surface area contributed by atoms with E-state index < -0.39 is 0 Å². The molecule has 0 radical (unpaired) electrons. The summed E-state index contributed by atoms with van der Waals surface area (Å²) in [5.41, 5.74) is 6.97. The molecule has 1 saturated heterocycles. The summed E-state index contributed by atoms with van der Waals surface area (Å²) in [5, 5.41) is 0. The topological polar surface area (TPSA) is 47.1 Å². The molecular formula is C16H23ClN4. The Morgan fingerprint density at radius 1 is 1.29 bits per heavy atom. The van der Waals surface area contributed by atoms with E-state index >= 15 is 0 Å². The monoisotopic (exact) mass is 306 g/mol. The number of hydrogen-bond donors (Lipinski definition) is 1. The standard InChI is InChI=1S/C16H22N4.ClH/c1-13-9-14(10-17)11-19(13)12-16-18-7-8-20(16)15-5-3-2-4-6-15;/h2-8,13-14H,9-12,17H2,1H3;1H. The minimum atomic E-state index is 0. The molecule has 2 N–H and O–H groups in total. The van der Waals surface area contributed by atoms with Crippen LogP contribution in [0.25, 0.3) is 5.69 Å². The van der Waals surface area contributed by atoms with Crippen molar-refractivity contribution in [1.29, 1.82) is 0 Å². The highest BCUT2D eigenvalue weighted by atomic mass is 35.5. The van der Waals surface area contributed by atoms with Crippen LogP contribution in [0, 0.1) is 5.92 Å². The molecule has 21 heavy (non-hydrogen) atoms. The molecule has 4 nitrogen and oxygen atoms in total. The third-order valence-electron chi connectivity index (χ3n) is 4.22. The largest absolute Gasteiger partial charge is 0.330 e. The molecule has 2 atom stereocenters. The summed E-state index contributed by atoms with van der Waals surface area (Å²) >= 11 is 0. The lowest BCUT2D eigenvalue weighted by Crippen LogP contribution is -2.28. The third-order valence-corrected chi connectivity index (χ3v) is 4.22. The molecule has 0 bridgehead atoms. The van der Waals surface area contributed by atoms with Gasteiger partial charge >= 0.3 is 0 Å². The number of nitrogens with zero attached hydrogens (tertiary/aromatic N) is 3. The van der Waals surface area contributed by atoms with Crippen LogP contribution >= 0.6 is 12.4 Å². The van der Waals surface area contributed by atoms with E-state index in [1.54, 1.807) is 0 Å². The zero-order valence-corrected chi connectivity index (χ0v) is 13.2. The lowest BCUT2D eigenvalue weighted by atomic mass is 10.1. The lowest BCUT2D eigenvalue weighted by molar-refractivity contribution is 0.248. The first kappa shape index (κ1) is 16.0. The molecule has 1 aliphatic heterocycles. The molecule has 2 aromatic rings. The van der Waals surface area contributed by atoms with Crippen LogP contribution in [0.15, 0.2) is 42.7 Å². The maximum Gasteiger partial charge on any atom is 0.127 e. The minimum absolute atomic E-state index is 0. The number of rotatable bonds is 4. The van der Waals surface area contributed by atoms with Crippen LogP contribution in [0.1, 0.15) is 19.2 Å². The number of imidazole rings is 1. The predicted octanol–water partition coefficient (Wildman–Crippen LogP) is 2.46. The second kappa shape index (κ2) is 7.07. The van der Waals surface area contributed by atoms with Gasteiger partial charge in [0.25, 0.3) is 0 Å². The summed E-state index contributed by atoms with van der Waals surface area (Å²) < 4.78 is 2.17. The highest BCUT2D eigenvalue weighted by Crippen LogP contribution is 2.24. The van der Waals surface area contributed by atoms with Gasteiger partial charge in [-0.25, -0.2) is 4.98 Å². The van der Waals surface area contributed by atoms with E-state index in [4.69, 9.17) is 5.73 Å². The Balaban J connectivity index is 0.00000161. The van der Waals surface area contributed by atoms with E-state index in [0.29, 0.717) is 12.0 Å². The van der Waals surface area contributed by atoms with Gasteiger partial charge in [-0.2, -0.15) is 0 Å². The van der Waals surface area contributed by atoms with Crippen molar-refractivity contribution in [1.82, 2.24) is 14.5 Å². The molecule has 114 valence electrons. The number of hydrogen-bond acceptors (Lipinski definition) is 3. The Morgan fingerprint density at radius 2 is 2.05 bits per heavy atom. The summed E-state index contributed by atoms with van der Waals surface area (Å²) in [6.07, 6.45) is 5.11. The van der Waals surface area contributed by atoms with Gasteiger partial charge in [0.1, 0.15) is 5.82 Å². The zero-order chi connectivity index (χ0) is 13.9. The van der Waals surface area contributed by atoms with Crippen LogP contribution in [-0.2, 0) is 6.54 Å². The first-order valence-electron chi connectivity index (χ1n) is 7.29. The van der Waals surface area contributed by atoms with Gasteiger partial charge in [0.2, 0.25) is 0 Å². The maximum absolute atomic E-state index is 5.81. The van der Waals surface area contributed by atoms with Crippen molar-refractivity contribution < 1.29 is 0 Å². The van der Waals surface area contributed by atoms with Crippen LogP contribution in [0.2, 0.25) is 0 Å². The smallest absolute Gasteiger partial charge is 0.127 e. The van der Waals surface area contributed by atoms with E-state index in [1.807, 2.05) is 18.5 Å². The van der Waals surface area contributed by atoms with Gasteiger partial charge in [0, 0.05) is 30.7 Å². The number of likely N-dealkylation sites (tertiary alicyclic amines) is 1. The Hall–Kier alpha value is -1.36. The molecule has 1 aromatic carbocycles. The molecule has 2 heterocycles. The van der Waals surface area contributed by atoms with Gasteiger partial charge in [-0.1, -0.05) is 18.2 Å². The number of halogens is 1. The highest BCUT2D eigenvalue weighted by molar-refractivity contribution is 5.85. The van der Waals surface area contributed by atoms with E-state index in [1.165, 1.54) is 12.1 Å². The average molecular weight is 307 g/mol. The molecule has 0 aliphatic carbocycles. The summed E-state index contributed by atoms with van der Waals surface area (Å²) in [4.78, 5) is 7.02. The summed E-state index contributed by atoms with van der Waals surface area (Å²) in [6, 6.07) is 11.0. The van der Waals surface area contributed by atoms with Crippen LogP contribution in [0.5, 0.6) is 0 Å². The number of aromatic nitrogens is 2. The fourth-order valence-corrected chi connectivity index (χ4v) is 3.07. The molecule has 0 spiro atoms. The van der Waals surface area contributed by atoms with Crippen LogP contribution < -0.4 is 5.73 Å². The van der Waals surface area contributed by atoms with Crippen molar-refractivity contribution >= 4 is 12.4 Å². The van der Waals surface area contributed by atoms with Gasteiger partial charge < -0.3 is 10.3 Å². The molecule has 1 aliphatic rings. The van der Waals surface area contributed by atoms with E-state index in [9.17, 15) is 0 Å². The summed E-state index contributed by atoms with van der Waals surface area (Å²) in [5.74, 6) is 1.73. The predicted molar refractivity (Wildman–Crippen MR) is 87.8 cm³/mol. The quantitative estimate of drug-likeness (QED) is 0.944. The molecular weight excluding hydrogens is 284 g/mol. The van der Waals surface area contributed by atoms with Crippen LogP contribution in [0.3, 0.4) is 0 Å². The third kappa shape index (κ3) is 3.46. The summed E-state index contributed by atoms with van der Waals surface area (Å²) in [6.45, 7) is 5.04. The fourth-order valence-electron chi connectivity index (χ4n) is 3.07. The van der Waals surface area contributed by atoms with Crippen molar-refractivity contribution in [3.05, 3.63) is 48.5 Å². The van der Waals surface area contributed by atoms with Gasteiger partial charge in [-0.15, -0.1) is 12.4 Å². The van der Waals surface area contributed by atoms with E-state index in [-0.39, 0.29) is 12.4 Å². The van der Waals surface area contributed by atoms with Crippen LogP contribution in [0.4, 0.5) is 0 Å². The Morgan fingerprint density at radius 3 is 2.71 bits per heavy atom. The normalized spacial score (nSPS) is 22.2. The molecule has 1 aromatic heterocycles. The van der Waals surface area contributed by atoms with Crippen molar-refractivity contribution in [3.8, 4) is 5.69 Å².